The number of fused-ring (bicyclic) bond motifs is 1. The van der Waals surface area contributed by atoms with Crippen LogP contribution in [0.4, 0.5) is 0 Å². The van der Waals surface area contributed by atoms with Gasteiger partial charge in [0.2, 0.25) is 5.91 Å². The summed E-state index contributed by atoms with van der Waals surface area (Å²) in [6.45, 7) is 3.08. The van der Waals surface area contributed by atoms with E-state index in [2.05, 4.69) is 10.6 Å². The van der Waals surface area contributed by atoms with E-state index in [0.29, 0.717) is 12.1 Å². The van der Waals surface area contributed by atoms with Gasteiger partial charge in [-0.15, -0.1) is 12.4 Å². The number of halogens is 1. The minimum absolute atomic E-state index is 0. The Balaban J connectivity index is 0.00000192. The normalized spacial score (nSPS) is 31.2. The maximum Gasteiger partial charge on any atom is 0.237 e. The lowest BCUT2D eigenvalue weighted by atomic mass is 9.85. The monoisotopic (exact) mass is 346 g/mol. The third-order valence-corrected chi connectivity index (χ3v) is 5.32. The van der Waals surface area contributed by atoms with Gasteiger partial charge in [-0.2, -0.15) is 0 Å². The van der Waals surface area contributed by atoms with Crippen LogP contribution in [0.15, 0.2) is 0 Å². The molecule has 0 aromatic carbocycles. The van der Waals surface area contributed by atoms with Crippen LogP contribution in [0.2, 0.25) is 0 Å². The second-order valence-corrected chi connectivity index (χ2v) is 6.93. The van der Waals surface area contributed by atoms with Crippen molar-refractivity contribution in [2.45, 2.75) is 69.6 Å². The molecule has 3 unspecified atom stereocenters. The van der Waals surface area contributed by atoms with E-state index in [1.807, 2.05) is 0 Å². The number of carbonyl (C=O) groups excluding carboxylic acids is 1. The number of hydrogen-bond donors (Lipinski definition) is 2. The van der Waals surface area contributed by atoms with Crippen molar-refractivity contribution in [2.75, 3.05) is 26.4 Å². The minimum Gasteiger partial charge on any atom is -0.381 e. The van der Waals surface area contributed by atoms with Crippen LogP contribution < -0.4 is 10.6 Å². The van der Waals surface area contributed by atoms with Crippen molar-refractivity contribution < 1.29 is 14.3 Å². The molecule has 3 aliphatic rings. The number of amides is 1. The van der Waals surface area contributed by atoms with E-state index < -0.39 is 0 Å². The van der Waals surface area contributed by atoms with E-state index in [-0.39, 0.29) is 24.4 Å². The fourth-order valence-corrected chi connectivity index (χ4v) is 4.02. The summed E-state index contributed by atoms with van der Waals surface area (Å²) in [5, 5.41) is 6.59. The lowest BCUT2D eigenvalue weighted by Gasteiger charge is -2.24. The molecule has 0 spiro atoms. The first-order valence-electron chi connectivity index (χ1n) is 9.06. The first-order chi connectivity index (χ1) is 10.8. The lowest BCUT2D eigenvalue weighted by Crippen LogP contribution is -2.43. The number of ether oxygens (including phenoxy) is 2. The standard InChI is InChI=1S/C17H30N2O3.ClH/c20-17(16-12-13-4-1-2-5-15(13)19-16)18-8-3-9-22-14-6-10-21-11-7-14;/h13-16,19H,1-12H2,(H,18,20);1H. The van der Waals surface area contributed by atoms with Gasteiger partial charge < -0.3 is 20.1 Å². The fraction of sp³-hybridized carbons (Fsp3) is 0.941. The zero-order valence-corrected chi connectivity index (χ0v) is 14.7. The third kappa shape index (κ3) is 5.59. The lowest BCUT2D eigenvalue weighted by molar-refractivity contribution is -0.122. The maximum absolute atomic E-state index is 12.2. The van der Waals surface area contributed by atoms with Crippen LogP contribution in [-0.2, 0) is 14.3 Å². The van der Waals surface area contributed by atoms with Gasteiger partial charge in [-0.3, -0.25) is 4.79 Å². The number of nitrogens with one attached hydrogen (secondary N) is 2. The summed E-state index contributed by atoms with van der Waals surface area (Å²) in [6, 6.07) is 0.617. The van der Waals surface area contributed by atoms with Gasteiger partial charge in [-0.05, 0) is 44.4 Å². The second kappa shape index (κ2) is 9.82. The Morgan fingerprint density at radius 2 is 1.96 bits per heavy atom. The first kappa shape index (κ1) is 19.0. The molecule has 0 aromatic rings. The molecule has 6 heteroatoms. The molecule has 1 saturated carbocycles. The van der Waals surface area contributed by atoms with Crippen molar-refractivity contribution in [2.24, 2.45) is 5.92 Å². The van der Waals surface area contributed by atoms with Gasteiger partial charge in [-0.1, -0.05) is 12.8 Å². The highest BCUT2D eigenvalue weighted by Gasteiger charge is 2.37. The van der Waals surface area contributed by atoms with E-state index in [1.54, 1.807) is 0 Å². The fourth-order valence-electron chi connectivity index (χ4n) is 4.02. The molecule has 0 bridgehead atoms. The molecule has 1 amide bonds. The Bertz CT molecular complexity index is 350. The smallest absolute Gasteiger partial charge is 0.237 e. The predicted molar refractivity (Wildman–Crippen MR) is 92.0 cm³/mol. The first-order valence-corrected chi connectivity index (χ1v) is 9.06. The summed E-state index contributed by atoms with van der Waals surface area (Å²) >= 11 is 0. The van der Waals surface area contributed by atoms with E-state index in [9.17, 15) is 4.79 Å². The van der Waals surface area contributed by atoms with Crippen molar-refractivity contribution in [1.82, 2.24) is 10.6 Å². The van der Waals surface area contributed by atoms with Gasteiger partial charge in [-0.25, -0.2) is 0 Å². The van der Waals surface area contributed by atoms with E-state index >= 15 is 0 Å². The largest absolute Gasteiger partial charge is 0.381 e. The highest BCUT2D eigenvalue weighted by molar-refractivity contribution is 5.85. The Labute approximate surface area is 145 Å². The molecular weight excluding hydrogens is 316 g/mol. The molecule has 2 saturated heterocycles. The Morgan fingerprint density at radius 3 is 2.74 bits per heavy atom. The minimum atomic E-state index is 0. The molecule has 2 aliphatic heterocycles. The van der Waals surface area contributed by atoms with Gasteiger partial charge >= 0.3 is 0 Å². The van der Waals surface area contributed by atoms with Crippen molar-refractivity contribution in [3.63, 3.8) is 0 Å². The second-order valence-electron chi connectivity index (χ2n) is 6.93. The summed E-state index contributed by atoms with van der Waals surface area (Å²) in [6.07, 6.45) is 9.45. The van der Waals surface area contributed by atoms with Crippen molar-refractivity contribution in [3.05, 3.63) is 0 Å². The molecule has 1 aliphatic carbocycles. The summed E-state index contributed by atoms with van der Waals surface area (Å²) in [5.74, 6) is 0.904. The molecule has 3 rings (SSSR count). The summed E-state index contributed by atoms with van der Waals surface area (Å²) in [5.41, 5.74) is 0. The number of rotatable bonds is 6. The Kier molecular flexibility index (Phi) is 8.10. The molecule has 134 valence electrons. The summed E-state index contributed by atoms with van der Waals surface area (Å²) in [7, 11) is 0. The molecular formula is C17H31ClN2O3. The molecule has 2 N–H and O–H groups in total. The van der Waals surface area contributed by atoms with Crippen molar-refractivity contribution in [3.8, 4) is 0 Å². The van der Waals surface area contributed by atoms with E-state index in [1.165, 1.54) is 25.7 Å². The summed E-state index contributed by atoms with van der Waals surface area (Å²) < 4.78 is 11.1. The zero-order chi connectivity index (χ0) is 15.2. The van der Waals surface area contributed by atoms with Crippen LogP contribution >= 0.6 is 12.4 Å². The Morgan fingerprint density at radius 1 is 1.17 bits per heavy atom. The average Bonchev–Trinajstić information content (AvgIpc) is 2.99. The highest BCUT2D eigenvalue weighted by Crippen LogP contribution is 2.33. The van der Waals surface area contributed by atoms with Crippen LogP contribution in [0.1, 0.15) is 51.4 Å². The van der Waals surface area contributed by atoms with Crippen molar-refractivity contribution in [1.29, 1.82) is 0 Å². The van der Waals surface area contributed by atoms with Crippen LogP contribution in [0.25, 0.3) is 0 Å². The van der Waals surface area contributed by atoms with Gasteiger partial charge in [0.15, 0.2) is 0 Å². The maximum atomic E-state index is 12.2. The highest BCUT2D eigenvalue weighted by atomic mass is 35.5. The molecule has 3 fully saturated rings. The average molecular weight is 347 g/mol. The molecule has 5 nitrogen and oxygen atoms in total. The zero-order valence-electron chi connectivity index (χ0n) is 13.9. The third-order valence-electron chi connectivity index (χ3n) is 5.32. The Hall–Kier alpha value is -0.360. The van der Waals surface area contributed by atoms with Gasteiger partial charge in [0.1, 0.15) is 0 Å². The van der Waals surface area contributed by atoms with E-state index in [0.717, 1.165) is 58.0 Å². The molecule has 0 radical (unpaired) electrons. The number of carbonyl (C=O) groups is 1. The van der Waals surface area contributed by atoms with E-state index in [4.69, 9.17) is 9.47 Å². The van der Waals surface area contributed by atoms with Crippen LogP contribution in [0, 0.1) is 5.92 Å². The van der Waals surface area contributed by atoms with Gasteiger partial charge in [0, 0.05) is 32.4 Å². The SMILES string of the molecule is Cl.O=C(NCCCOC1CCOCC1)C1CC2CCCCC2N1. The summed E-state index contributed by atoms with van der Waals surface area (Å²) in [4.78, 5) is 12.2. The predicted octanol–water partition coefficient (Wildman–Crippen LogP) is 2.03. The van der Waals surface area contributed by atoms with Gasteiger partial charge in [0.25, 0.3) is 0 Å². The van der Waals surface area contributed by atoms with Crippen LogP contribution in [0.3, 0.4) is 0 Å². The molecule has 0 aromatic heterocycles. The van der Waals surface area contributed by atoms with Crippen LogP contribution in [0.5, 0.6) is 0 Å². The van der Waals surface area contributed by atoms with Gasteiger partial charge in [0.05, 0.1) is 12.1 Å². The van der Waals surface area contributed by atoms with Crippen molar-refractivity contribution >= 4 is 18.3 Å². The van der Waals surface area contributed by atoms with Crippen LogP contribution in [-0.4, -0.2) is 50.5 Å². The topological polar surface area (TPSA) is 59.6 Å². The molecule has 2 heterocycles. The molecule has 23 heavy (non-hydrogen) atoms. The quantitative estimate of drug-likeness (QED) is 0.722. The number of hydrogen-bond acceptors (Lipinski definition) is 4. The molecule has 3 atom stereocenters.